The minimum atomic E-state index is -0.178. The van der Waals surface area contributed by atoms with Gasteiger partial charge in [0.05, 0.1) is 41.5 Å². The molecule has 0 radical (unpaired) electrons. The Morgan fingerprint density at radius 2 is 1.78 bits per heavy atom. The smallest absolute Gasteiger partial charge is 0.292 e. The number of morpholine rings is 1. The number of nitrogens with one attached hydrogen (secondary N) is 2. The van der Waals surface area contributed by atoms with E-state index >= 15 is 0 Å². The van der Waals surface area contributed by atoms with Crippen LogP contribution in [0.4, 0.5) is 0 Å². The van der Waals surface area contributed by atoms with E-state index in [-0.39, 0.29) is 17.8 Å². The maximum Gasteiger partial charge on any atom is 0.292 e. The van der Waals surface area contributed by atoms with Gasteiger partial charge in [0.1, 0.15) is 0 Å². The Bertz CT molecular complexity index is 1410. The van der Waals surface area contributed by atoms with Crippen molar-refractivity contribution in [3.05, 3.63) is 78.4 Å². The second-order valence-electron chi connectivity index (χ2n) is 7.79. The van der Waals surface area contributed by atoms with Gasteiger partial charge in [0.25, 0.3) is 5.91 Å². The number of nitrogens with zero attached hydrogens (tertiary/aromatic N) is 4. The Balaban J connectivity index is 1.38. The van der Waals surface area contributed by atoms with Gasteiger partial charge in [-0.05, 0) is 29.8 Å². The van der Waals surface area contributed by atoms with Gasteiger partial charge in [-0.3, -0.25) is 14.9 Å². The van der Waals surface area contributed by atoms with Crippen LogP contribution < -0.4 is 0 Å². The first-order valence-electron chi connectivity index (χ1n) is 10.5. The van der Waals surface area contributed by atoms with E-state index in [2.05, 4.69) is 25.1 Å². The summed E-state index contributed by atoms with van der Waals surface area (Å²) in [5, 5.41) is 7.38. The Morgan fingerprint density at radius 3 is 2.59 bits per heavy atom. The number of carbonyl (C=O) groups excluding carboxylic acids is 1. The molecular weight excluding hydrogens is 404 g/mol. The lowest BCUT2D eigenvalue weighted by atomic mass is 10.0. The maximum atomic E-state index is 13.4. The van der Waals surface area contributed by atoms with E-state index in [9.17, 15) is 4.79 Å². The van der Waals surface area contributed by atoms with E-state index in [1.807, 2.05) is 59.5 Å². The molecule has 1 amide bonds. The number of aromatic nitrogens is 5. The molecule has 3 aromatic heterocycles. The van der Waals surface area contributed by atoms with Crippen molar-refractivity contribution in [2.24, 2.45) is 0 Å². The van der Waals surface area contributed by atoms with E-state index in [0.29, 0.717) is 30.8 Å². The largest absolute Gasteiger partial charge is 0.377 e. The van der Waals surface area contributed by atoms with Gasteiger partial charge in [0, 0.05) is 29.9 Å². The summed E-state index contributed by atoms with van der Waals surface area (Å²) in [5.74, 6) is 0.0351. The summed E-state index contributed by atoms with van der Waals surface area (Å²) in [6.45, 7) is 1.47. The third-order valence-corrected chi connectivity index (χ3v) is 5.89. The van der Waals surface area contributed by atoms with Gasteiger partial charge < -0.3 is 14.7 Å². The number of ether oxygens (including phenoxy) is 1. The zero-order valence-corrected chi connectivity index (χ0v) is 17.2. The number of fused-ring (bicyclic) bond motifs is 2. The van der Waals surface area contributed by atoms with Crippen molar-refractivity contribution in [1.82, 2.24) is 30.0 Å². The summed E-state index contributed by atoms with van der Waals surface area (Å²) in [6, 6.07) is 17.6. The third-order valence-electron chi connectivity index (χ3n) is 5.89. The molecule has 2 N–H and O–H groups in total. The zero-order chi connectivity index (χ0) is 21.5. The fraction of sp³-hybridized carbons (Fsp3) is 0.167. The molecule has 0 bridgehead atoms. The number of benzene rings is 2. The molecule has 158 valence electrons. The second-order valence-corrected chi connectivity index (χ2v) is 7.79. The van der Waals surface area contributed by atoms with Crippen LogP contribution in [0.1, 0.15) is 22.2 Å². The number of rotatable bonds is 3. The quantitative estimate of drug-likeness (QED) is 0.460. The number of imidazole rings is 1. The van der Waals surface area contributed by atoms with Crippen molar-refractivity contribution in [3.8, 4) is 11.3 Å². The molecule has 5 aromatic rings. The topological polar surface area (TPSA) is 99.8 Å². The molecule has 1 aliphatic heterocycles. The van der Waals surface area contributed by atoms with Crippen molar-refractivity contribution in [2.45, 2.75) is 6.04 Å². The number of amides is 1. The SMILES string of the molecule is O=C(c1nc2cc3[nH][nH]c(-c4ccncc4)c3cc2n1)N1CCOC[C@@H]1c1ccccc1. The third kappa shape index (κ3) is 3.12. The number of hydrogen-bond acceptors (Lipinski definition) is 5. The summed E-state index contributed by atoms with van der Waals surface area (Å²) in [5.41, 5.74) is 5.27. The molecule has 1 aliphatic rings. The molecule has 0 saturated carbocycles. The molecule has 8 nitrogen and oxygen atoms in total. The molecule has 0 spiro atoms. The Hall–Kier alpha value is -4.04. The van der Waals surface area contributed by atoms with Gasteiger partial charge in [-0.25, -0.2) is 9.97 Å². The average molecular weight is 424 g/mol. The van der Waals surface area contributed by atoms with Gasteiger partial charge in [0.15, 0.2) is 0 Å². The molecule has 0 unspecified atom stereocenters. The van der Waals surface area contributed by atoms with Crippen LogP contribution in [0.3, 0.4) is 0 Å². The molecule has 0 aliphatic carbocycles. The van der Waals surface area contributed by atoms with Crippen LogP contribution in [0.2, 0.25) is 0 Å². The lowest BCUT2D eigenvalue weighted by Crippen LogP contribution is -2.43. The summed E-state index contributed by atoms with van der Waals surface area (Å²) in [4.78, 5) is 28.5. The molecule has 2 aromatic carbocycles. The highest BCUT2D eigenvalue weighted by atomic mass is 16.5. The normalized spacial score (nSPS) is 16.6. The molecule has 32 heavy (non-hydrogen) atoms. The van der Waals surface area contributed by atoms with Crippen LogP contribution in [0.15, 0.2) is 67.0 Å². The molecule has 1 saturated heterocycles. The highest BCUT2D eigenvalue weighted by Gasteiger charge is 2.31. The average Bonchev–Trinajstić information content (AvgIpc) is 3.46. The standard InChI is InChI=1S/C24H20N6O2/c31-24(30-10-11-32-14-21(30)15-4-2-1-3-5-15)23-26-19-12-17-18(13-20(19)27-23)28-29-22(17)16-6-8-25-9-7-16/h1-9,12-13,21,28-29H,10-11,14H2/t21-/m1/s1. The predicted octanol–water partition coefficient (Wildman–Crippen LogP) is 3.71. The van der Waals surface area contributed by atoms with E-state index in [4.69, 9.17) is 4.74 Å². The number of carbonyl (C=O) groups is 1. The minimum Gasteiger partial charge on any atom is -0.377 e. The Morgan fingerprint density at radius 1 is 1.00 bits per heavy atom. The summed E-state index contributed by atoms with van der Waals surface area (Å²) in [6.07, 6.45) is 3.51. The molecule has 1 atom stereocenters. The van der Waals surface area contributed by atoms with Gasteiger partial charge >= 0.3 is 0 Å². The zero-order valence-electron chi connectivity index (χ0n) is 17.2. The highest BCUT2D eigenvalue weighted by molar-refractivity contribution is 6.02. The molecule has 4 heterocycles. The van der Waals surface area contributed by atoms with Crippen molar-refractivity contribution < 1.29 is 9.53 Å². The fourth-order valence-corrected chi connectivity index (χ4v) is 4.28. The van der Waals surface area contributed by atoms with Gasteiger partial charge in [0.2, 0.25) is 5.82 Å². The van der Waals surface area contributed by atoms with Crippen LogP contribution in [-0.2, 0) is 4.74 Å². The van der Waals surface area contributed by atoms with Crippen LogP contribution in [0.5, 0.6) is 0 Å². The van der Waals surface area contributed by atoms with E-state index < -0.39 is 0 Å². The fourth-order valence-electron chi connectivity index (χ4n) is 4.28. The molecule has 6 rings (SSSR count). The molecule has 1 fully saturated rings. The van der Waals surface area contributed by atoms with Crippen molar-refractivity contribution >= 4 is 27.8 Å². The second kappa shape index (κ2) is 7.58. The molecule has 8 heteroatoms. The predicted molar refractivity (Wildman–Crippen MR) is 120 cm³/mol. The first kappa shape index (κ1) is 18.7. The minimum absolute atomic E-state index is 0.151. The summed E-state index contributed by atoms with van der Waals surface area (Å²) in [7, 11) is 0. The van der Waals surface area contributed by atoms with Crippen molar-refractivity contribution in [1.29, 1.82) is 0 Å². The Kier molecular flexibility index (Phi) is 4.43. The van der Waals surface area contributed by atoms with Gasteiger partial charge in [-0.2, -0.15) is 0 Å². The van der Waals surface area contributed by atoms with E-state index in [1.54, 1.807) is 12.4 Å². The first-order valence-corrected chi connectivity index (χ1v) is 10.5. The molecular formula is C24H20N6O2. The van der Waals surface area contributed by atoms with Crippen molar-refractivity contribution in [2.75, 3.05) is 19.8 Å². The highest BCUT2D eigenvalue weighted by Crippen LogP contribution is 2.30. The van der Waals surface area contributed by atoms with Gasteiger partial charge in [-0.15, -0.1) is 0 Å². The number of hydrogen-bond donors (Lipinski definition) is 2. The maximum absolute atomic E-state index is 13.4. The van der Waals surface area contributed by atoms with Crippen LogP contribution >= 0.6 is 0 Å². The van der Waals surface area contributed by atoms with Crippen molar-refractivity contribution in [3.63, 3.8) is 0 Å². The Labute approximate surface area is 183 Å². The van der Waals surface area contributed by atoms with Gasteiger partial charge in [-0.1, -0.05) is 30.3 Å². The van der Waals surface area contributed by atoms with Crippen LogP contribution in [0, 0.1) is 0 Å². The van der Waals surface area contributed by atoms with E-state index in [0.717, 1.165) is 27.7 Å². The summed E-state index contributed by atoms with van der Waals surface area (Å²) < 4.78 is 5.66. The van der Waals surface area contributed by atoms with Crippen LogP contribution in [-0.4, -0.2) is 55.7 Å². The van der Waals surface area contributed by atoms with Crippen LogP contribution in [0.25, 0.3) is 33.2 Å². The number of H-pyrrole nitrogens is 2. The first-order chi connectivity index (χ1) is 15.8. The number of aromatic amines is 2. The monoisotopic (exact) mass is 424 g/mol. The lowest BCUT2D eigenvalue weighted by Gasteiger charge is -2.35. The summed E-state index contributed by atoms with van der Waals surface area (Å²) >= 11 is 0. The van der Waals surface area contributed by atoms with E-state index in [1.165, 1.54) is 0 Å². The number of pyridine rings is 1. The lowest BCUT2D eigenvalue weighted by molar-refractivity contribution is -0.00326.